The summed E-state index contributed by atoms with van der Waals surface area (Å²) in [5, 5.41) is 3.74. The average molecular weight is 376 g/mol. The molecule has 1 aliphatic heterocycles. The van der Waals surface area contributed by atoms with Crippen molar-refractivity contribution in [3.8, 4) is 11.5 Å². The lowest BCUT2D eigenvalue weighted by molar-refractivity contribution is -0.153. The molecule has 1 N–H and O–H groups in total. The van der Waals surface area contributed by atoms with Crippen molar-refractivity contribution >= 4 is 11.6 Å². The lowest BCUT2D eigenvalue weighted by Crippen LogP contribution is -2.34. The molecule has 3 rings (SSSR count). The summed E-state index contributed by atoms with van der Waals surface area (Å²) in [6, 6.07) is 7.03. The molecule has 0 saturated carbocycles. The van der Waals surface area contributed by atoms with Crippen LogP contribution in [0.3, 0.4) is 0 Å². The van der Waals surface area contributed by atoms with E-state index in [1.54, 1.807) is 18.2 Å². The Balaban J connectivity index is 1.68. The highest BCUT2D eigenvalue weighted by atomic mass is 35.5. The fraction of sp³-hybridized carbons (Fsp3) is 0.412. The number of hydrogen-bond acceptors (Lipinski definition) is 4. The fourth-order valence-corrected chi connectivity index (χ4v) is 2.70. The molecule has 4 nitrogen and oxygen atoms in total. The Morgan fingerprint density at radius 1 is 1.12 bits per heavy atom. The summed E-state index contributed by atoms with van der Waals surface area (Å²) in [5.41, 5.74) is 0. The van der Waals surface area contributed by atoms with Gasteiger partial charge in [-0.3, -0.25) is 0 Å². The minimum Gasteiger partial charge on any atom is -0.486 e. The third kappa shape index (κ3) is 4.83. The Kier molecular flexibility index (Phi) is 5.44. The van der Waals surface area contributed by atoms with Crippen LogP contribution in [0.5, 0.6) is 11.5 Å². The van der Waals surface area contributed by atoms with Crippen molar-refractivity contribution in [3.63, 3.8) is 0 Å². The first-order valence-electron chi connectivity index (χ1n) is 7.87. The first kappa shape index (κ1) is 17.9. The highest BCUT2D eigenvalue weighted by Crippen LogP contribution is 2.34. The maximum Gasteiger partial charge on any atom is 0.449 e. The van der Waals surface area contributed by atoms with Crippen LogP contribution in [0.2, 0.25) is 5.02 Å². The Hall–Kier alpha value is -1.86. The Bertz CT molecular complexity index is 711. The summed E-state index contributed by atoms with van der Waals surface area (Å²) < 4.78 is 54.0. The molecular weight excluding hydrogens is 359 g/mol. The topological polar surface area (TPSA) is 43.6 Å². The predicted octanol–water partition coefficient (Wildman–Crippen LogP) is 4.66. The molecule has 0 atom stereocenters. The van der Waals surface area contributed by atoms with Crippen molar-refractivity contribution in [2.75, 3.05) is 13.1 Å². The van der Waals surface area contributed by atoms with E-state index in [9.17, 15) is 13.2 Å². The molecule has 0 bridgehead atoms. The smallest absolute Gasteiger partial charge is 0.449 e. The molecule has 0 amide bonds. The summed E-state index contributed by atoms with van der Waals surface area (Å²) in [4.78, 5) is 0. The molecule has 0 radical (unpaired) electrons. The molecule has 25 heavy (non-hydrogen) atoms. The van der Waals surface area contributed by atoms with Gasteiger partial charge in [-0.25, -0.2) is 0 Å². The first-order valence-corrected chi connectivity index (χ1v) is 8.25. The predicted molar refractivity (Wildman–Crippen MR) is 86.0 cm³/mol. The third-order valence-corrected chi connectivity index (χ3v) is 4.03. The second-order valence-electron chi connectivity index (χ2n) is 5.71. The molecule has 8 heteroatoms. The summed E-state index contributed by atoms with van der Waals surface area (Å²) in [6.07, 6.45) is -2.75. The molecule has 136 valence electrons. The monoisotopic (exact) mass is 375 g/mol. The number of halogens is 4. The standard InChI is InChI=1S/C17H17ClF3NO3/c18-11-1-3-14(15(9-11)24-12-5-7-22-8-6-12)23-10-13-2-4-16(25-13)17(19,20)21/h1-4,9,12,22H,5-8,10H2. The van der Waals surface area contributed by atoms with Crippen molar-refractivity contribution in [1.82, 2.24) is 5.32 Å². The van der Waals surface area contributed by atoms with Gasteiger partial charge in [-0.15, -0.1) is 0 Å². The van der Waals surface area contributed by atoms with Crippen LogP contribution in [0, 0.1) is 0 Å². The zero-order valence-electron chi connectivity index (χ0n) is 13.2. The number of hydrogen-bond donors (Lipinski definition) is 1. The summed E-state index contributed by atoms with van der Waals surface area (Å²) in [5.74, 6) is -0.0848. The SMILES string of the molecule is FC(F)(F)c1ccc(COc2ccc(Cl)cc2OC2CCNCC2)o1. The first-order chi connectivity index (χ1) is 11.9. The van der Waals surface area contributed by atoms with E-state index in [-0.39, 0.29) is 18.5 Å². The van der Waals surface area contributed by atoms with Gasteiger partial charge in [0.1, 0.15) is 18.5 Å². The van der Waals surface area contributed by atoms with Crippen molar-refractivity contribution in [1.29, 1.82) is 0 Å². The number of nitrogens with one attached hydrogen (secondary N) is 1. The van der Waals surface area contributed by atoms with Gasteiger partial charge >= 0.3 is 6.18 Å². The normalized spacial score (nSPS) is 16.0. The van der Waals surface area contributed by atoms with Gasteiger partial charge in [0.15, 0.2) is 11.5 Å². The van der Waals surface area contributed by atoms with Crippen molar-refractivity contribution in [2.24, 2.45) is 0 Å². The van der Waals surface area contributed by atoms with Gasteiger partial charge in [0.05, 0.1) is 0 Å². The van der Waals surface area contributed by atoms with Crippen LogP contribution in [-0.2, 0) is 12.8 Å². The van der Waals surface area contributed by atoms with E-state index in [2.05, 4.69) is 5.32 Å². The van der Waals surface area contributed by atoms with Crippen LogP contribution >= 0.6 is 11.6 Å². The van der Waals surface area contributed by atoms with Crippen molar-refractivity contribution < 1.29 is 27.1 Å². The van der Waals surface area contributed by atoms with Gasteiger partial charge in [-0.2, -0.15) is 13.2 Å². The van der Waals surface area contributed by atoms with Crippen LogP contribution in [0.1, 0.15) is 24.4 Å². The van der Waals surface area contributed by atoms with Crippen LogP contribution in [0.15, 0.2) is 34.7 Å². The lowest BCUT2D eigenvalue weighted by Gasteiger charge is -2.25. The van der Waals surface area contributed by atoms with E-state index in [4.69, 9.17) is 25.5 Å². The van der Waals surface area contributed by atoms with Crippen molar-refractivity contribution in [3.05, 3.63) is 46.9 Å². The summed E-state index contributed by atoms with van der Waals surface area (Å²) in [7, 11) is 0. The molecule has 1 fully saturated rings. The molecule has 2 heterocycles. The maximum absolute atomic E-state index is 12.6. The highest BCUT2D eigenvalue weighted by molar-refractivity contribution is 6.30. The number of piperidine rings is 1. The van der Waals surface area contributed by atoms with E-state index in [0.29, 0.717) is 16.5 Å². The van der Waals surface area contributed by atoms with E-state index >= 15 is 0 Å². The number of alkyl halides is 3. The number of ether oxygens (including phenoxy) is 2. The molecule has 0 unspecified atom stereocenters. The quantitative estimate of drug-likeness (QED) is 0.825. The van der Waals surface area contributed by atoms with Gasteiger partial charge in [-0.05, 0) is 50.2 Å². The minimum atomic E-state index is -4.51. The molecule has 2 aromatic rings. The Morgan fingerprint density at radius 2 is 1.88 bits per heavy atom. The zero-order chi connectivity index (χ0) is 17.9. The van der Waals surface area contributed by atoms with Crippen molar-refractivity contribution in [2.45, 2.75) is 31.7 Å². The summed E-state index contributed by atoms with van der Waals surface area (Å²) >= 11 is 6.01. The van der Waals surface area contributed by atoms with E-state index in [0.717, 1.165) is 32.0 Å². The Labute approximate surface area is 147 Å². The lowest BCUT2D eigenvalue weighted by atomic mass is 10.1. The minimum absolute atomic E-state index is 0.0440. The van der Waals surface area contributed by atoms with E-state index in [1.165, 1.54) is 6.07 Å². The van der Waals surface area contributed by atoms with Crippen LogP contribution in [0.4, 0.5) is 13.2 Å². The second kappa shape index (κ2) is 7.58. The number of benzene rings is 1. The van der Waals surface area contributed by atoms with Crippen LogP contribution in [0.25, 0.3) is 0 Å². The highest BCUT2D eigenvalue weighted by Gasteiger charge is 2.34. The van der Waals surface area contributed by atoms with E-state index < -0.39 is 11.9 Å². The third-order valence-electron chi connectivity index (χ3n) is 3.80. The Morgan fingerprint density at radius 3 is 2.56 bits per heavy atom. The largest absolute Gasteiger partial charge is 0.486 e. The van der Waals surface area contributed by atoms with E-state index in [1.807, 2.05) is 0 Å². The van der Waals surface area contributed by atoms with Gasteiger partial charge < -0.3 is 19.2 Å². The maximum atomic E-state index is 12.6. The van der Waals surface area contributed by atoms with Gasteiger partial charge in [0.2, 0.25) is 5.76 Å². The summed E-state index contributed by atoms with van der Waals surface area (Å²) in [6.45, 7) is 1.60. The number of furan rings is 1. The van der Waals surface area contributed by atoms with Crippen LogP contribution < -0.4 is 14.8 Å². The molecule has 1 aromatic carbocycles. The molecule has 1 aliphatic rings. The zero-order valence-corrected chi connectivity index (χ0v) is 14.0. The fourth-order valence-electron chi connectivity index (χ4n) is 2.54. The number of rotatable bonds is 5. The van der Waals surface area contributed by atoms with Gasteiger partial charge in [0.25, 0.3) is 0 Å². The van der Waals surface area contributed by atoms with Crippen LogP contribution in [-0.4, -0.2) is 19.2 Å². The molecule has 0 aliphatic carbocycles. The van der Waals surface area contributed by atoms with Gasteiger partial charge in [-0.1, -0.05) is 11.6 Å². The molecule has 0 spiro atoms. The van der Waals surface area contributed by atoms with Gasteiger partial charge in [0, 0.05) is 11.1 Å². The molecule has 1 aromatic heterocycles. The molecule has 1 saturated heterocycles. The molecular formula is C17H17ClF3NO3. The average Bonchev–Trinajstić information content (AvgIpc) is 3.04. The second-order valence-corrected chi connectivity index (χ2v) is 6.15.